The second-order valence-electron chi connectivity index (χ2n) is 4.27. The molecular weight excluding hydrogens is 282 g/mol. The van der Waals surface area contributed by atoms with Crippen LogP contribution in [0.2, 0.25) is 0 Å². The van der Waals surface area contributed by atoms with E-state index in [0.29, 0.717) is 16.5 Å². The van der Waals surface area contributed by atoms with Crippen LogP contribution in [-0.4, -0.2) is 50.5 Å². The van der Waals surface area contributed by atoms with Crippen molar-refractivity contribution in [3.8, 4) is 0 Å². The third-order valence-electron chi connectivity index (χ3n) is 2.62. The molecule has 0 aliphatic carbocycles. The molecule has 2 atom stereocenters. The predicted octanol–water partition coefficient (Wildman–Crippen LogP) is 0.379. The minimum Gasteiger partial charge on any atom is -0.480 e. The lowest BCUT2D eigenvalue weighted by Gasteiger charge is -2.18. The van der Waals surface area contributed by atoms with Crippen molar-refractivity contribution in [1.29, 1.82) is 0 Å². The number of carbonyl (C=O) groups excluding carboxylic acids is 1. The van der Waals surface area contributed by atoms with Gasteiger partial charge in [-0.05, 0) is 27.0 Å². The van der Waals surface area contributed by atoms with Gasteiger partial charge in [-0.15, -0.1) is 11.8 Å². The van der Waals surface area contributed by atoms with Gasteiger partial charge in [0.25, 0.3) is 5.91 Å². The average Bonchev–Trinajstić information content (AvgIpc) is 2.33. The molecule has 1 heterocycles. The van der Waals surface area contributed by atoms with E-state index in [1.54, 1.807) is 20.1 Å². The first-order valence-corrected chi connectivity index (χ1v) is 7.11. The van der Waals surface area contributed by atoms with Gasteiger partial charge in [-0.25, -0.2) is 14.8 Å². The maximum atomic E-state index is 12.2. The lowest BCUT2D eigenvalue weighted by molar-refractivity contribution is -0.141. The van der Waals surface area contributed by atoms with Crippen molar-refractivity contribution in [1.82, 2.24) is 15.3 Å². The Morgan fingerprint density at radius 3 is 2.35 bits per heavy atom. The highest BCUT2D eigenvalue weighted by Gasteiger charge is 2.27. The van der Waals surface area contributed by atoms with Crippen molar-refractivity contribution >= 4 is 23.6 Å². The second-order valence-corrected chi connectivity index (χ2v) is 5.07. The number of aryl methyl sites for hydroxylation is 2. The Morgan fingerprint density at radius 2 is 1.90 bits per heavy atom. The molecule has 0 bridgehead atoms. The molecule has 1 rings (SSSR count). The lowest BCUT2D eigenvalue weighted by Crippen LogP contribution is -2.48. The maximum absolute atomic E-state index is 12.2. The Balaban J connectivity index is 3.12. The summed E-state index contributed by atoms with van der Waals surface area (Å²) in [6.45, 7) is 4.67. The quantitative estimate of drug-likeness (QED) is 0.532. The summed E-state index contributed by atoms with van der Waals surface area (Å²) >= 11 is 1.27. The van der Waals surface area contributed by atoms with Gasteiger partial charge in [0.1, 0.15) is 10.9 Å². The van der Waals surface area contributed by atoms with E-state index in [2.05, 4.69) is 15.3 Å². The van der Waals surface area contributed by atoms with Gasteiger partial charge in [-0.1, -0.05) is 0 Å². The van der Waals surface area contributed by atoms with Crippen molar-refractivity contribution in [2.24, 2.45) is 0 Å². The fraction of sp³-hybridized carbons (Fsp3) is 0.500. The highest BCUT2D eigenvalue weighted by Crippen LogP contribution is 2.20. The number of amides is 1. The average molecular weight is 299 g/mol. The summed E-state index contributed by atoms with van der Waals surface area (Å²) in [6.07, 6.45) is 0.558. The molecule has 0 saturated carbocycles. The number of hydrogen-bond acceptors (Lipinski definition) is 6. The highest BCUT2D eigenvalue weighted by atomic mass is 32.2. The fourth-order valence-corrected chi connectivity index (χ4v) is 2.36. The molecule has 1 aromatic heterocycles. The van der Waals surface area contributed by atoms with E-state index in [1.165, 1.54) is 18.7 Å². The van der Waals surface area contributed by atoms with Gasteiger partial charge in [0.05, 0.1) is 17.4 Å². The van der Waals surface area contributed by atoms with Crippen LogP contribution in [-0.2, 0) is 4.79 Å². The monoisotopic (exact) mass is 299 g/mol. The highest BCUT2D eigenvalue weighted by molar-refractivity contribution is 7.98. The lowest BCUT2D eigenvalue weighted by atomic mass is 10.1. The molecule has 8 heteroatoms. The Labute approximate surface area is 120 Å². The molecular formula is C12H17N3O4S. The maximum Gasteiger partial charge on any atom is 0.328 e. The molecule has 0 spiro atoms. The molecule has 110 valence electrons. The van der Waals surface area contributed by atoms with Gasteiger partial charge < -0.3 is 15.5 Å². The van der Waals surface area contributed by atoms with E-state index in [9.17, 15) is 14.7 Å². The van der Waals surface area contributed by atoms with Crippen molar-refractivity contribution in [2.75, 3.05) is 6.26 Å². The van der Waals surface area contributed by atoms with Crippen LogP contribution >= 0.6 is 11.8 Å². The van der Waals surface area contributed by atoms with Gasteiger partial charge >= 0.3 is 5.97 Å². The number of carboxylic acid groups (broad SMARTS) is 1. The van der Waals surface area contributed by atoms with Gasteiger partial charge in [0, 0.05) is 0 Å². The van der Waals surface area contributed by atoms with Crippen LogP contribution in [0.4, 0.5) is 0 Å². The number of aliphatic hydroxyl groups is 1. The molecule has 0 saturated heterocycles. The molecule has 7 nitrogen and oxygen atoms in total. The van der Waals surface area contributed by atoms with Crippen molar-refractivity contribution in [3.05, 3.63) is 17.1 Å². The normalized spacial score (nSPS) is 13.7. The molecule has 3 N–H and O–H groups in total. The molecule has 0 aliphatic rings. The molecule has 0 unspecified atom stereocenters. The molecule has 1 amide bonds. The zero-order valence-electron chi connectivity index (χ0n) is 11.7. The fourth-order valence-electron chi connectivity index (χ4n) is 1.69. The number of rotatable bonds is 5. The van der Waals surface area contributed by atoms with Crippen LogP contribution in [0.25, 0.3) is 0 Å². The van der Waals surface area contributed by atoms with Crippen LogP contribution in [0.3, 0.4) is 0 Å². The number of carbonyl (C=O) groups is 2. The summed E-state index contributed by atoms with van der Waals surface area (Å²) < 4.78 is 0. The summed E-state index contributed by atoms with van der Waals surface area (Å²) in [5.74, 6) is -1.38. The van der Waals surface area contributed by atoms with Gasteiger partial charge in [-0.3, -0.25) is 4.79 Å². The number of aromatic nitrogens is 2. The summed E-state index contributed by atoms with van der Waals surface area (Å²) in [5.41, 5.74) is 0.698. The standard InChI is InChI=1S/C12H17N3O4S/c1-5-8(11(20-4)14-7(3)13-5)10(17)15-9(6(2)16)12(18)19/h6,9,16H,1-4H3,(H,15,17)(H,18,19)/t6-,9+/m1/s1. The number of nitrogens with one attached hydrogen (secondary N) is 1. The summed E-state index contributed by atoms with van der Waals surface area (Å²) in [4.78, 5) is 31.4. The van der Waals surface area contributed by atoms with Crippen LogP contribution in [0.1, 0.15) is 28.8 Å². The predicted molar refractivity (Wildman–Crippen MR) is 73.9 cm³/mol. The van der Waals surface area contributed by atoms with Crippen LogP contribution in [0.15, 0.2) is 5.03 Å². The molecule has 20 heavy (non-hydrogen) atoms. The largest absolute Gasteiger partial charge is 0.480 e. The number of hydrogen-bond donors (Lipinski definition) is 3. The topological polar surface area (TPSA) is 112 Å². The van der Waals surface area contributed by atoms with Crippen LogP contribution in [0, 0.1) is 13.8 Å². The third kappa shape index (κ3) is 3.67. The number of aliphatic carboxylic acids is 1. The Bertz CT molecular complexity index is 534. The van der Waals surface area contributed by atoms with Gasteiger partial charge in [-0.2, -0.15) is 0 Å². The zero-order valence-corrected chi connectivity index (χ0v) is 12.5. The van der Waals surface area contributed by atoms with Gasteiger partial charge in [0.15, 0.2) is 6.04 Å². The van der Waals surface area contributed by atoms with E-state index < -0.39 is 24.0 Å². The van der Waals surface area contributed by atoms with E-state index in [-0.39, 0.29) is 5.56 Å². The first kappa shape index (κ1) is 16.4. The molecule has 0 fully saturated rings. The Hall–Kier alpha value is -1.67. The molecule has 0 aliphatic heterocycles. The summed E-state index contributed by atoms with van der Waals surface area (Å²) in [5, 5.41) is 21.1. The number of aliphatic hydroxyl groups excluding tert-OH is 1. The summed E-state index contributed by atoms with van der Waals surface area (Å²) in [6, 6.07) is -1.38. The number of carboxylic acids is 1. The summed E-state index contributed by atoms with van der Waals surface area (Å²) in [7, 11) is 0. The minimum atomic E-state index is -1.38. The number of thioether (sulfide) groups is 1. The zero-order chi connectivity index (χ0) is 15.4. The molecule has 1 aromatic rings. The van der Waals surface area contributed by atoms with Crippen molar-refractivity contribution in [2.45, 2.75) is 37.9 Å². The number of nitrogens with zero attached hydrogens (tertiary/aromatic N) is 2. The van der Waals surface area contributed by atoms with Crippen LogP contribution < -0.4 is 5.32 Å². The van der Waals surface area contributed by atoms with Crippen molar-refractivity contribution < 1.29 is 19.8 Å². The third-order valence-corrected chi connectivity index (χ3v) is 3.31. The minimum absolute atomic E-state index is 0.231. The van der Waals surface area contributed by atoms with Crippen LogP contribution in [0.5, 0.6) is 0 Å². The molecule has 0 aromatic carbocycles. The molecule has 0 radical (unpaired) electrons. The Morgan fingerprint density at radius 1 is 1.30 bits per heavy atom. The first-order chi connectivity index (χ1) is 9.27. The Kier molecular flexibility index (Phi) is 5.46. The SMILES string of the molecule is CSc1nc(C)nc(C)c1C(=O)N[C@H](C(=O)O)[C@@H](C)O. The van der Waals surface area contributed by atoms with Crippen molar-refractivity contribution in [3.63, 3.8) is 0 Å². The van der Waals surface area contributed by atoms with E-state index in [4.69, 9.17) is 5.11 Å². The van der Waals surface area contributed by atoms with Gasteiger partial charge in [0.2, 0.25) is 0 Å². The van der Waals surface area contributed by atoms with E-state index in [0.717, 1.165) is 0 Å². The second kappa shape index (κ2) is 6.67. The van der Waals surface area contributed by atoms with E-state index >= 15 is 0 Å². The smallest absolute Gasteiger partial charge is 0.328 e. The first-order valence-electron chi connectivity index (χ1n) is 5.88. The van der Waals surface area contributed by atoms with E-state index in [1.807, 2.05) is 0 Å².